The number of hydrogen-bond donors (Lipinski definition) is 0. The summed E-state index contributed by atoms with van der Waals surface area (Å²) in [6, 6.07) is 6.66. The third-order valence-electron chi connectivity index (χ3n) is 4.83. The average Bonchev–Trinajstić information content (AvgIpc) is 2.54. The predicted molar refractivity (Wildman–Crippen MR) is 109 cm³/mol. The second-order valence-electron chi connectivity index (χ2n) is 7.67. The molecule has 0 amide bonds. The van der Waals surface area contributed by atoms with Gasteiger partial charge in [-0.3, -0.25) is 4.79 Å². The summed E-state index contributed by atoms with van der Waals surface area (Å²) >= 11 is 0. The van der Waals surface area contributed by atoms with Gasteiger partial charge < -0.3 is 4.90 Å². The third kappa shape index (κ3) is 5.19. The van der Waals surface area contributed by atoms with Gasteiger partial charge in [0.2, 0.25) is 0 Å². The summed E-state index contributed by atoms with van der Waals surface area (Å²) < 4.78 is 0. The van der Waals surface area contributed by atoms with E-state index in [-0.39, 0.29) is 5.41 Å². The van der Waals surface area contributed by atoms with E-state index < -0.39 is 0 Å². The lowest BCUT2D eigenvalue weighted by atomic mass is 9.75. The molecule has 0 unspecified atom stereocenters. The zero-order valence-corrected chi connectivity index (χ0v) is 16.3. The molecule has 0 aliphatic heterocycles. The van der Waals surface area contributed by atoms with Gasteiger partial charge in [-0.2, -0.15) is 0 Å². The van der Waals surface area contributed by atoms with Crippen molar-refractivity contribution >= 4 is 18.0 Å². The Morgan fingerprint density at radius 3 is 2.44 bits per heavy atom. The van der Waals surface area contributed by atoms with E-state index in [1.54, 1.807) is 6.08 Å². The smallest absolute Gasteiger partial charge is 0.143 e. The minimum Gasteiger partial charge on any atom is -0.372 e. The van der Waals surface area contributed by atoms with E-state index in [0.29, 0.717) is 0 Å². The monoisotopic (exact) mass is 337 g/mol. The summed E-state index contributed by atoms with van der Waals surface area (Å²) in [5, 5.41) is 0. The van der Waals surface area contributed by atoms with Gasteiger partial charge in [0.25, 0.3) is 0 Å². The summed E-state index contributed by atoms with van der Waals surface area (Å²) in [5.41, 5.74) is 6.46. The van der Waals surface area contributed by atoms with Gasteiger partial charge in [0.15, 0.2) is 0 Å². The van der Waals surface area contributed by atoms with Crippen molar-refractivity contribution in [3.63, 3.8) is 0 Å². The Hall–Kier alpha value is -2.09. The lowest BCUT2D eigenvalue weighted by Gasteiger charge is -2.30. The Morgan fingerprint density at radius 1 is 1.12 bits per heavy atom. The SMILES string of the molecule is CCN(CC)c1ccc(/C=C/C2=CC(=C/C=O)/CC(C)(C)C2)cc1C. The number of aryl methyl sites for hydroxylation is 1. The molecule has 0 heterocycles. The molecule has 1 aliphatic carbocycles. The van der Waals surface area contributed by atoms with Crippen molar-refractivity contribution in [3.05, 3.63) is 58.7 Å². The normalized spacial score (nSPS) is 18.4. The summed E-state index contributed by atoms with van der Waals surface area (Å²) in [7, 11) is 0. The van der Waals surface area contributed by atoms with E-state index in [4.69, 9.17) is 0 Å². The number of anilines is 1. The van der Waals surface area contributed by atoms with Crippen molar-refractivity contribution in [2.75, 3.05) is 18.0 Å². The number of allylic oxidation sites excluding steroid dienone is 5. The van der Waals surface area contributed by atoms with Gasteiger partial charge in [-0.25, -0.2) is 0 Å². The number of hydrogen-bond acceptors (Lipinski definition) is 2. The third-order valence-corrected chi connectivity index (χ3v) is 4.83. The number of rotatable bonds is 6. The van der Waals surface area contributed by atoms with Crippen molar-refractivity contribution in [3.8, 4) is 0 Å². The van der Waals surface area contributed by atoms with Gasteiger partial charge in [0.05, 0.1) is 0 Å². The quantitative estimate of drug-likeness (QED) is 0.488. The van der Waals surface area contributed by atoms with Crippen molar-refractivity contribution < 1.29 is 4.79 Å². The Morgan fingerprint density at radius 2 is 1.84 bits per heavy atom. The lowest BCUT2D eigenvalue weighted by molar-refractivity contribution is -0.104. The van der Waals surface area contributed by atoms with Crippen LogP contribution in [0.2, 0.25) is 0 Å². The number of aldehydes is 1. The Labute approximate surface area is 152 Å². The summed E-state index contributed by atoms with van der Waals surface area (Å²) in [6.07, 6.45) is 11.1. The fourth-order valence-electron chi connectivity index (χ4n) is 3.71. The van der Waals surface area contributed by atoms with Crippen LogP contribution in [0.3, 0.4) is 0 Å². The molecule has 0 atom stereocenters. The molecular weight excluding hydrogens is 306 g/mol. The Balaban J connectivity index is 2.22. The van der Waals surface area contributed by atoms with Crippen LogP contribution in [-0.2, 0) is 4.79 Å². The van der Waals surface area contributed by atoms with E-state index in [2.05, 4.69) is 75.9 Å². The maximum Gasteiger partial charge on any atom is 0.143 e. The molecule has 2 nitrogen and oxygen atoms in total. The van der Waals surface area contributed by atoms with Crippen LogP contribution in [0.15, 0.2) is 47.6 Å². The number of carbonyl (C=O) groups excluding carboxylic acids is 1. The zero-order chi connectivity index (χ0) is 18.4. The van der Waals surface area contributed by atoms with Crippen molar-refractivity contribution in [2.24, 2.45) is 5.41 Å². The standard InChI is InChI=1S/C23H31NO/c1-6-24(7-2)22-11-10-19(14-18(22)3)8-9-20-15-21(12-13-25)17-23(4,5)16-20/h8-15H,6-7,16-17H2,1-5H3/b9-8+,21-12-. The highest BCUT2D eigenvalue weighted by Crippen LogP contribution is 2.38. The van der Waals surface area contributed by atoms with Crippen molar-refractivity contribution in [1.29, 1.82) is 0 Å². The maximum absolute atomic E-state index is 10.8. The highest BCUT2D eigenvalue weighted by atomic mass is 16.1. The number of nitrogens with zero attached hydrogens (tertiary/aromatic N) is 1. The minimum atomic E-state index is 0.200. The fourth-order valence-corrected chi connectivity index (χ4v) is 3.71. The first-order valence-electron chi connectivity index (χ1n) is 9.27. The molecular formula is C23H31NO. The van der Waals surface area contributed by atoms with Crippen LogP contribution in [0.4, 0.5) is 5.69 Å². The van der Waals surface area contributed by atoms with Gasteiger partial charge in [-0.05, 0) is 79.5 Å². The minimum absolute atomic E-state index is 0.200. The van der Waals surface area contributed by atoms with Crippen LogP contribution in [0.25, 0.3) is 6.08 Å². The first-order chi connectivity index (χ1) is 11.9. The van der Waals surface area contributed by atoms with E-state index in [0.717, 1.165) is 37.8 Å². The molecule has 0 bridgehead atoms. The molecule has 0 saturated heterocycles. The number of benzene rings is 1. The molecule has 2 heteroatoms. The molecule has 0 radical (unpaired) electrons. The van der Waals surface area contributed by atoms with Crippen molar-refractivity contribution in [2.45, 2.75) is 47.5 Å². The molecule has 1 aromatic rings. The van der Waals surface area contributed by atoms with Crippen LogP contribution in [0, 0.1) is 12.3 Å². The zero-order valence-electron chi connectivity index (χ0n) is 16.3. The molecule has 25 heavy (non-hydrogen) atoms. The lowest BCUT2D eigenvalue weighted by Crippen LogP contribution is -2.22. The van der Waals surface area contributed by atoms with Crippen LogP contribution < -0.4 is 4.90 Å². The average molecular weight is 338 g/mol. The van der Waals surface area contributed by atoms with Crippen LogP contribution in [-0.4, -0.2) is 19.4 Å². The van der Waals surface area contributed by atoms with Gasteiger partial charge in [-0.15, -0.1) is 0 Å². The van der Waals surface area contributed by atoms with E-state index in [9.17, 15) is 4.79 Å². The van der Waals surface area contributed by atoms with Gasteiger partial charge >= 0.3 is 0 Å². The molecule has 134 valence electrons. The second kappa shape index (κ2) is 8.33. The van der Waals surface area contributed by atoms with E-state index >= 15 is 0 Å². The highest BCUT2D eigenvalue weighted by Gasteiger charge is 2.24. The number of carbonyl (C=O) groups is 1. The Kier molecular flexibility index (Phi) is 6.41. The molecule has 1 aliphatic rings. The predicted octanol–water partition coefficient (Wildman–Crippen LogP) is 5.73. The molecule has 2 rings (SSSR count). The topological polar surface area (TPSA) is 20.3 Å². The van der Waals surface area contributed by atoms with E-state index in [1.165, 1.54) is 22.4 Å². The second-order valence-corrected chi connectivity index (χ2v) is 7.67. The fraction of sp³-hybridized carbons (Fsp3) is 0.435. The molecule has 0 spiro atoms. The van der Waals surface area contributed by atoms with Crippen LogP contribution >= 0.6 is 0 Å². The Bertz CT molecular complexity index is 703. The molecule has 1 aromatic carbocycles. The largest absolute Gasteiger partial charge is 0.372 e. The van der Waals surface area contributed by atoms with Gasteiger partial charge in [-0.1, -0.05) is 38.1 Å². The van der Waals surface area contributed by atoms with Crippen LogP contribution in [0.1, 0.15) is 51.7 Å². The van der Waals surface area contributed by atoms with Crippen molar-refractivity contribution in [1.82, 2.24) is 0 Å². The van der Waals surface area contributed by atoms with Gasteiger partial charge in [0, 0.05) is 18.8 Å². The summed E-state index contributed by atoms with van der Waals surface area (Å²) in [5.74, 6) is 0. The molecule has 0 fully saturated rings. The molecule has 0 N–H and O–H groups in total. The highest BCUT2D eigenvalue weighted by molar-refractivity contribution is 5.68. The molecule has 0 aromatic heterocycles. The van der Waals surface area contributed by atoms with E-state index in [1.807, 2.05) is 0 Å². The van der Waals surface area contributed by atoms with Gasteiger partial charge in [0.1, 0.15) is 6.29 Å². The maximum atomic E-state index is 10.8. The molecule has 0 saturated carbocycles. The first-order valence-corrected chi connectivity index (χ1v) is 9.27. The van der Waals surface area contributed by atoms with Crippen LogP contribution in [0.5, 0.6) is 0 Å². The summed E-state index contributed by atoms with van der Waals surface area (Å²) in [6.45, 7) is 13.1. The summed E-state index contributed by atoms with van der Waals surface area (Å²) in [4.78, 5) is 13.2. The first kappa shape index (κ1) is 19.2.